The van der Waals surface area contributed by atoms with E-state index in [0.717, 1.165) is 0 Å². The molecular formula is C25H22NSi. The third-order valence-corrected chi connectivity index (χ3v) is 8.92. The second-order valence-electron chi connectivity index (χ2n) is 7.89. The maximum absolute atomic E-state index is 2.56. The summed E-state index contributed by atoms with van der Waals surface area (Å²) in [6.07, 6.45) is 5.05. The number of para-hydroxylation sites is 1. The summed E-state index contributed by atoms with van der Waals surface area (Å²) >= 11 is 0. The van der Waals surface area contributed by atoms with E-state index in [2.05, 4.69) is 77.8 Å². The van der Waals surface area contributed by atoms with Gasteiger partial charge in [-0.3, -0.25) is 0 Å². The Kier molecular flexibility index (Phi) is 3.27. The summed E-state index contributed by atoms with van der Waals surface area (Å²) in [5, 5.41) is 4.68. The van der Waals surface area contributed by atoms with Crippen molar-refractivity contribution < 1.29 is 0 Å². The summed E-state index contributed by atoms with van der Waals surface area (Å²) in [5.41, 5.74) is 8.79. The van der Waals surface area contributed by atoms with Crippen molar-refractivity contribution in [2.75, 3.05) is 0 Å². The zero-order valence-electron chi connectivity index (χ0n) is 15.6. The largest absolute Gasteiger partial charge is 0.313 e. The van der Waals surface area contributed by atoms with E-state index in [1.54, 1.807) is 21.6 Å². The summed E-state index contributed by atoms with van der Waals surface area (Å²) in [7, 11) is -0.651. The van der Waals surface area contributed by atoms with E-state index in [9.17, 15) is 0 Å². The minimum atomic E-state index is -0.651. The highest BCUT2D eigenvalue weighted by atomic mass is 28.3. The molecular weight excluding hydrogens is 342 g/mol. The lowest BCUT2D eigenvalue weighted by molar-refractivity contribution is 0.667. The third-order valence-electron chi connectivity index (χ3n) is 6.45. The predicted octanol–water partition coefficient (Wildman–Crippen LogP) is 4.73. The van der Waals surface area contributed by atoms with Crippen LogP contribution < -0.4 is 10.4 Å². The maximum Gasteiger partial charge on any atom is 0.119 e. The van der Waals surface area contributed by atoms with Crippen LogP contribution in [0.2, 0.25) is 6.55 Å². The summed E-state index contributed by atoms with van der Waals surface area (Å²) in [6.45, 7) is 2.46. The molecule has 2 heteroatoms. The Morgan fingerprint density at radius 1 is 0.778 bits per heavy atom. The zero-order valence-corrected chi connectivity index (χ0v) is 16.6. The highest BCUT2D eigenvalue weighted by Crippen LogP contribution is 2.37. The molecule has 131 valence electrons. The lowest BCUT2D eigenvalue weighted by Gasteiger charge is -2.16. The van der Waals surface area contributed by atoms with Gasteiger partial charge in [0.25, 0.3) is 0 Å². The molecule has 0 unspecified atom stereocenters. The molecule has 0 atom stereocenters. The Morgan fingerprint density at radius 2 is 1.56 bits per heavy atom. The first-order valence-corrected chi connectivity index (χ1v) is 12.0. The van der Waals surface area contributed by atoms with Gasteiger partial charge in [0.2, 0.25) is 0 Å². The third kappa shape index (κ3) is 2.11. The summed E-state index contributed by atoms with van der Waals surface area (Å²) in [5.74, 6) is 0. The summed E-state index contributed by atoms with van der Waals surface area (Å²) in [6, 6.07) is 25.0. The first-order valence-electron chi connectivity index (χ1n) is 10.0. The topological polar surface area (TPSA) is 4.93 Å². The molecule has 0 saturated heterocycles. The van der Waals surface area contributed by atoms with Gasteiger partial charge in [-0.05, 0) is 70.9 Å². The normalized spacial score (nSPS) is 15.6. The van der Waals surface area contributed by atoms with Crippen molar-refractivity contribution >= 4 is 30.1 Å². The van der Waals surface area contributed by atoms with Crippen LogP contribution >= 0.6 is 0 Å². The maximum atomic E-state index is 2.56. The van der Waals surface area contributed by atoms with E-state index in [4.69, 9.17) is 0 Å². The molecule has 1 aliphatic heterocycles. The standard InChI is InChI=1S/C25H22NSi/c1-27-24-14-8-6-12-19(24)21-15-23-20(16-25(21)27)18-11-5-7-13-22(18)26(23)17-9-3-2-4-10-17/h2-4,6,8-10,12,14-16H,5,7,11,13H2,1H3. The molecule has 4 aromatic rings. The van der Waals surface area contributed by atoms with E-state index in [1.807, 2.05) is 0 Å². The number of aromatic nitrogens is 1. The monoisotopic (exact) mass is 364 g/mol. The quantitative estimate of drug-likeness (QED) is 0.430. The van der Waals surface area contributed by atoms with Crippen LogP contribution in [0.3, 0.4) is 0 Å². The fourth-order valence-corrected chi connectivity index (χ4v) is 7.41. The van der Waals surface area contributed by atoms with Gasteiger partial charge in [-0.2, -0.15) is 0 Å². The van der Waals surface area contributed by atoms with Gasteiger partial charge < -0.3 is 4.57 Å². The molecule has 1 aliphatic carbocycles. The minimum absolute atomic E-state index is 0.651. The van der Waals surface area contributed by atoms with Gasteiger partial charge in [-0.25, -0.2) is 0 Å². The first kappa shape index (κ1) is 15.5. The Morgan fingerprint density at radius 3 is 2.44 bits per heavy atom. The molecule has 0 amide bonds. The molecule has 0 bridgehead atoms. The average Bonchev–Trinajstić information content (AvgIpc) is 3.20. The fraction of sp³-hybridized carbons (Fsp3) is 0.200. The molecule has 0 fully saturated rings. The molecule has 0 spiro atoms. The van der Waals surface area contributed by atoms with E-state index in [1.165, 1.54) is 53.4 Å². The number of nitrogens with zero attached hydrogens (tertiary/aromatic N) is 1. The second-order valence-corrected chi connectivity index (χ2v) is 10.2. The lowest BCUT2D eigenvalue weighted by atomic mass is 9.95. The van der Waals surface area contributed by atoms with Crippen molar-refractivity contribution in [3.63, 3.8) is 0 Å². The van der Waals surface area contributed by atoms with Crippen LogP contribution in [0.1, 0.15) is 24.1 Å². The number of aryl methyl sites for hydroxylation is 1. The van der Waals surface area contributed by atoms with Crippen LogP contribution in [0.15, 0.2) is 66.7 Å². The Hall–Kier alpha value is -2.58. The fourth-order valence-electron chi connectivity index (χ4n) is 5.18. The van der Waals surface area contributed by atoms with Crippen molar-refractivity contribution in [3.05, 3.63) is 78.0 Å². The number of rotatable bonds is 1. The molecule has 27 heavy (non-hydrogen) atoms. The molecule has 2 aliphatic rings. The van der Waals surface area contributed by atoms with Gasteiger partial charge in [0.15, 0.2) is 0 Å². The molecule has 0 N–H and O–H groups in total. The molecule has 1 radical (unpaired) electrons. The number of hydrogen-bond acceptors (Lipinski definition) is 0. The molecule has 1 nitrogen and oxygen atoms in total. The molecule has 6 rings (SSSR count). The highest BCUT2D eigenvalue weighted by Gasteiger charge is 2.29. The zero-order chi connectivity index (χ0) is 18.0. The molecule has 2 heterocycles. The summed E-state index contributed by atoms with van der Waals surface area (Å²) < 4.78 is 2.55. The van der Waals surface area contributed by atoms with Gasteiger partial charge in [-0.1, -0.05) is 55.1 Å². The minimum Gasteiger partial charge on any atom is -0.313 e. The van der Waals surface area contributed by atoms with E-state index < -0.39 is 8.80 Å². The van der Waals surface area contributed by atoms with Crippen molar-refractivity contribution in [2.45, 2.75) is 32.2 Å². The van der Waals surface area contributed by atoms with Crippen LogP contribution in [0.5, 0.6) is 0 Å². The first-order chi connectivity index (χ1) is 13.3. The molecule has 1 aromatic heterocycles. The number of hydrogen-bond donors (Lipinski definition) is 0. The van der Waals surface area contributed by atoms with Crippen molar-refractivity contribution in [1.29, 1.82) is 0 Å². The lowest BCUT2D eigenvalue weighted by Crippen LogP contribution is -2.34. The van der Waals surface area contributed by atoms with Gasteiger partial charge in [-0.15, -0.1) is 0 Å². The van der Waals surface area contributed by atoms with Crippen LogP contribution in [0, 0.1) is 0 Å². The number of benzene rings is 3. The van der Waals surface area contributed by atoms with Crippen molar-refractivity contribution in [1.82, 2.24) is 4.57 Å². The van der Waals surface area contributed by atoms with E-state index >= 15 is 0 Å². The van der Waals surface area contributed by atoms with Crippen LogP contribution in [0.4, 0.5) is 0 Å². The van der Waals surface area contributed by atoms with Crippen molar-refractivity contribution in [3.8, 4) is 16.8 Å². The van der Waals surface area contributed by atoms with Gasteiger partial charge in [0, 0.05) is 16.8 Å². The van der Waals surface area contributed by atoms with E-state index in [-0.39, 0.29) is 0 Å². The molecule has 3 aromatic carbocycles. The van der Waals surface area contributed by atoms with Crippen molar-refractivity contribution in [2.24, 2.45) is 0 Å². The Bertz CT molecular complexity index is 1190. The highest BCUT2D eigenvalue weighted by molar-refractivity contribution is 6.88. The average molecular weight is 365 g/mol. The summed E-state index contributed by atoms with van der Waals surface area (Å²) in [4.78, 5) is 0. The van der Waals surface area contributed by atoms with Gasteiger partial charge in [0.05, 0.1) is 5.52 Å². The molecule has 0 saturated carbocycles. The SMILES string of the molecule is C[Si]1c2ccccc2-c2cc3c(cc21)c1c(n3-c2ccccc2)CCCC1. The van der Waals surface area contributed by atoms with Gasteiger partial charge >= 0.3 is 0 Å². The van der Waals surface area contributed by atoms with Crippen LogP contribution in [-0.2, 0) is 12.8 Å². The Balaban J connectivity index is 1.72. The smallest absolute Gasteiger partial charge is 0.119 e. The van der Waals surface area contributed by atoms with Crippen LogP contribution in [0.25, 0.3) is 27.7 Å². The van der Waals surface area contributed by atoms with Gasteiger partial charge in [0.1, 0.15) is 8.80 Å². The van der Waals surface area contributed by atoms with Crippen LogP contribution in [-0.4, -0.2) is 13.4 Å². The number of fused-ring (bicyclic) bond motifs is 6. The Labute approximate surface area is 161 Å². The van der Waals surface area contributed by atoms with E-state index in [0.29, 0.717) is 0 Å². The second kappa shape index (κ2) is 5.70. The predicted molar refractivity (Wildman–Crippen MR) is 116 cm³/mol.